The molecule has 0 N–H and O–H groups in total. The molecule has 0 aromatic heterocycles. The van der Waals surface area contributed by atoms with Gasteiger partial charge in [-0.2, -0.15) is 4.58 Å². The third-order valence-electron chi connectivity index (χ3n) is 3.68. The molecule has 0 amide bonds. The summed E-state index contributed by atoms with van der Waals surface area (Å²) in [5, 5.41) is 0. The normalized spacial score (nSPS) is 18.5. The van der Waals surface area contributed by atoms with Crippen LogP contribution in [0.2, 0.25) is 0 Å². The zero-order valence-corrected chi connectivity index (χ0v) is 11.8. The fourth-order valence-electron chi connectivity index (χ4n) is 2.44. The summed E-state index contributed by atoms with van der Waals surface area (Å²) >= 11 is 0. The second-order valence-corrected chi connectivity index (χ2v) is 4.98. The van der Waals surface area contributed by atoms with Crippen molar-refractivity contribution in [2.45, 2.75) is 13.0 Å². The highest BCUT2D eigenvalue weighted by molar-refractivity contribution is 5.78. The fraction of sp³-hybridized carbons (Fsp3) is 0.167. The molecule has 0 spiro atoms. The molecule has 1 aliphatic heterocycles. The molecule has 2 heteroatoms. The van der Waals surface area contributed by atoms with Crippen molar-refractivity contribution in [2.75, 3.05) is 7.05 Å². The average Bonchev–Trinajstić information content (AvgIpc) is 2.51. The highest BCUT2D eigenvalue weighted by Crippen LogP contribution is 2.28. The molecule has 0 fully saturated rings. The van der Waals surface area contributed by atoms with Crippen molar-refractivity contribution in [2.24, 2.45) is 0 Å². The Hall–Kier alpha value is -2.35. The Balaban J connectivity index is 2.03. The second kappa shape index (κ2) is 5.33. The molecule has 3 rings (SSSR count). The molecule has 1 heterocycles. The summed E-state index contributed by atoms with van der Waals surface area (Å²) in [6, 6.07) is 20.9. The molecule has 20 heavy (non-hydrogen) atoms. The van der Waals surface area contributed by atoms with Gasteiger partial charge in [0, 0.05) is 17.2 Å². The lowest BCUT2D eigenvalue weighted by atomic mass is 10.0. The molecular weight excluding hydrogens is 246 g/mol. The number of likely N-dealkylation sites (N-methyl/N-ethyl adjacent to an activating group) is 1. The summed E-state index contributed by atoms with van der Waals surface area (Å²) in [7, 11) is 2.06. The topological polar surface area (TPSA) is 12.2 Å². The van der Waals surface area contributed by atoms with Crippen LogP contribution in [0.15, 0.2) is 66.7 Å². The highest BCUT2D eigenvalue weighted by Gasteiger charge is 2.27. The number of nitrogens with zero attached hydrogens (tertiary/aromatic N) is 1. The van der Waals surface area contributed by atoms with Crippen LogP contribution in [-0.4, -0.2) is 17.5 Å². The number of hydrogen-bond acceptors (Lipinski definition) is 1. The molecule has 0 aliphatic carbocycles. The van der Waals surface area contributed by atoms with Crippen LogP contribution in [0.3, 0.4) is 0 Å². The molecule has 2 aromatic rings. The third-order valence-corrected chi connectivity index (χ3v) is 3.68. The van der Waals surface area contributed by atoms with Crippen LogP contribution >= 0.6 is 0 Å². The smallest absolute Gasteiger partial charge is 0.339 e. The van der Waals surface area contributed by atoms with E-state index in [1.807, 2.05) is 31.2 Å². The largest absolute Gasteiger partial charge is 0.408 e. The van der Waals surface area contributed by atoms with E-state index in [1.54, 1.807) is 0 Å². The monoisotopic (exact) mass is 264 g/mol. The van der Waals surface area contributed by atoms with Gasteiger partial charge in [-0.25, -0.2) is 0 Å². The van der Waals surface area contributed by atoms with E-state index in [0.29, 0.717) is 0 Å². The Bertz CT molecular complexity index is 656. The van der Waals surface area contributed by atoms with Crippen LogP contribution in [0.4, 0.5) is 0 Å². The van der Waals surface area contributed by atoms with Gasteiger partial charge in [0.1, 0.15) is 12.8 Å². The molecule has 0 saturated heterocycles. The van der Waals surface area contributed by atoms with Crippen molar-refractivity contribution in [3.8, 4) is 0 Å². The summed E-state index contributed by atoms with van der Waals surface area (Å²) in [4.78, 5) is 0. The van der Waals surface area contributed by atoms with Crippen LogP contribution in [0.5, 0.6) is 0 Å². The summed E-state index contributed by atoms with van der Waals surface area (Å²) < 4.78 is 8.09. The molecule has 2 nitrogen and oxygen atoms in total. The van der Waals surface area contributed by atoms with Crippen LogP contribution in [-0.2, 0) is 4.74 Å². The SMILES string of the molecule is CC1=[N+](C)C(c2ccccc2)C=C(c2ccccc2)O1. The van der Waals surface area contributed by atoms with E-state index in [1.165, 1.54) is 5.56 Å². The van der Waals surface area contributed by atoms with Gasteiger partial charge in [-0.15, -0.1) is 0 Å². The van der Waals surface area contributed by atoms with E-state index in [-0.39, 0.29) is 6.04 Å². The predicted molar refractivity (Wildman–Crippen MR) is 81.6 cm³/mol. The molecule has 100 valence electrons. The maximum atomic E-state index is 5.94. The molecular formula is C18H18NO+. The van der Waals surface area contributed by atoms with Gasteiger partial charge in [0.2, 0.25) is 6.04 Å². The first-order chi connectivity index (χ1) is 9.75. The van der Waals surface area contributed by atoms with Gasteiger partial charge >= 0.3 is 5.90 Å². The number of hydrogen-bond donors (Lipinski definition) is 0. The minimum absolute atomic E-state index is 0.208. The Labute approximate surface area is 119 Å². The lowest BCUT2D eigenvalue weighted by Crippen LogP contribution is -2.25. The van der Waals surface area contributed by atoms with Gasteiger partial charge in [-0.3, -0.25) is 0 Å². The van der Waals surface area contributed by atoms with Crippen molar-refractivity contribution < 1.29 is 9.31 Å². The zero-order valence-electron chi connectivity index (χ0n) is 11.8. The lowest BCUT2D eigenvalue weighted by Gasteiger charge is -2.20. The molecule has 2 aromatic carbocycles. The Kier molecular flexibility index (Phi) is 3.38. The maximum Gasteiger partial charge on any atom is 0.339 e. The molecule has 1 aliphatic rings. The summed E-state index contributed by atoms with van der Waals surface area (Å²) in [5.41, 5.74) is 2.38. The van der Waals surface area contributed by atoms with E-state index in [4.69, 9.17) is 4.74 Å². The summed E-state index contributed by atoms with van der Waals surface area (Å²) in [5.74, 6) is 1.84. The van der Waals surface area contributed by atoms with Crippen LogP contribution < -0.4 is 0 Å². The Morgan fingerprint density at radius 2 is 1.50 bits per heavy atom. The molecule has 0 saturated carbocycles. The maximum absolute atomic E-state index is 5.94. The zero-order chi connectivity index (χ0) is 13.9. The van der Waals surface area contributed by atoms with E-state index >= 15 is 0 Å². The molecule has 0 bridgehead atoms. The van der Waals surface area contributed by atoms with Gasteiger partial charge < -0.3 is 4.74 Å². The third kappa shape index (κ3) is 2.37. The van der Waals surface area contributed by atoms with E-state index in [2.05, 4.69) is 54.1 Å². The Morgan fingerprint density at radius 1 is 0.900 bits per heavy atom. The second-order valence-electron chi connectivity index (χ2n) is 4.98. The molecule has 0 radical (unpaired) electrons. The van der Waals surface area contributed by atoms with E-state index in [0.717, 1.165) is 17.2 Å². The highest BCUT2D eigenvalue weighted by atomic mass is 16.5. The average molecular weight is 264 g/mol. The number of ether oxygens (including phenoxy) is 1. The quantitative estimate of drug-likeness (QED) is 0.750. The molecule has 1 unspecified atom stereocenters. The van der Waals surface area contributed by atoms with Gasteiger partial charge in [0.05, 0.1) is 6.92 Å². The van der Waals surface area contributed by atoms with Gasteiger partial charge in [-0.1, -0.05) is 60.7 Å². The summed E-state index contributed by atoms with van der Waals surface area (Å²) in [6.45, 7) is 2.01. The minimum Gasteiger partial charge on any atom is -0.408 e. The van der Waals surface area contributed by atoms with Crippen LogP contribution in [0, 0.1) is 0 Å². The number of benzene rings is 2. The number of rotatable bonds is 2. The first-order valence-electron chi connectivity index (χ1n) is 6.82. The van der Waals surface area contributed by atoms with Gasteiger partial charge in [0.15, 0.2) is 0 Å². The first kappa shape index (κ1) is 12.7. The van der Waals surface area contributed by atoms with Gasteiger partial charge in [-0.05, 0) is 0 Å². The van der Waals surface area contributed by atoms with Crippen molar-refractivity contribution in [1.29, 1.82) is 0 Å². The lowest BCUT2D eigenvalue weighted by molar-refractivity contribution is -0.542. The summed E-state index contributed by atoms with van der Waals surface area (Å²) in [6.07, 6.45) is 2.18. The minimum atomic E-state index is 0.208. The Morgan fingerprint density at radius 3 is 2.15 bits per heavy atom. The van der Waals surface area contributed by atoms with E-state index in [9.17, 15) is 0 Å². The van der Waals surface area contributed by atoms with Crippen LogP contribution in [0.25, 0.3) is 5.76 Å². The standard InChI is InChI=1S/C18H18NO/c1-14-19(2)17(15-9-5-3-6-10-15)13-18(20-14)16-11-7-4-8-12-16/h3-13,17H,1-2H3/q+1. The van der Waals surface area contributed by atoms with Crippen molar-refractivity contribution >= 4 is 11.7 Å². The fourth-order valence-corrected chi connectivity index (χ4v) is 2.44. The van der Waals surface area contributed by atoms with Crippen LogP contribution in [0.1, 0.15) is 24.1 Å². The van der Waals surface area contributed by atoms with Gasteiger partial charge in [0.25, 0.3) is 0 Å². The predicted octanol–water partition coefficient (Wildman–Crippen LogP) is 3.86. The first-order valence-corrected chi connectivity index (χ1v) is 6.82. The van der Waals surface area contributed by atoms with Crippen molar-refractivity contribution in [1.82, 2.24) is 0 Å². The van der Waals surface area contributed by atoms with Crippen molar-refractivity contribution in [3.63, 3.8) is 0 Å². The van der Waals surface area contributed by atoms with Crippen molar-refractivity contribution in [3.05, 3.63) is 77.9 Å². The van der Waals surface area contributed by atoms with E-state index < -0.39 is 0 Å². The molecule has 1 atom stereocenters.